The molecule has 35 heavy (non-hydrogen) atoms. The van der Waals surface area contributed by atoms with Crippen LogP contribution in [0.3, 0.4) is 0 Å². The average molecular weight is 491 g/mol. The maximum absolute atomic E-state index is 13.1. The van der Waals surface area contributed by atoms with Gasteiger partial charge >= 0.3 is 11.9 Å². The number of esters is 2. The molecule has 3 aromatic carbocycles. The summed E-state index contributed by atoms with van der Waals surface area (Å²) in [4.78, 5) is 51.4. The second-order valence-corrected chi connectivity index (χ2v) is 7.66. The van der Waals surface area contributed by atoms with Gasteiger partial charge < -0.3 is 14.8 Å². The Morgan fingerprint density at radius 2 is 1.51 bits per heavy atom. The van der Waals surface area contributed by atoms with E-state index in [2.05, 4.69) is 5.32 Å². The van der Waals surface area contributed by atoms with E-state index in [4.69, 9.17) is 21.1 Å². The summed E-state index contributed by atoms with van der Waals surface area (Å²) in [5.74, 6) is -2.31. The van der Waals surface area contributed by atoms with Gasteiger partial charge in [-0.3, -0.25) is 9.59 Å². The largest absolute Gasteiger partial charge is 0.462 e. The third-order valence-electron chi connectivity index (χ3n) is 5.01. The second-order valence-electron chi connectivity index (χ2n) is 7.28. The van der Waals surface area contributed by atoms with Crippen molar-refractivity contribution in [3.05, 3.63) is 101 Å². The Kier molecular flexibility index (Phi) is 6.93. The predicted molar refractivity (Wildman–Crippen MR) is 129 cm³/mol. The number of halogens is 1. The van der Waals surface area contributed by atoms with Gasteiger partial charge in [-0.2, -0.15) is 0 Å². The summed E-state index contributed by atoms with van der Waals surface area (Å²) in [5.41, 5.74) is 0.669. The molecule has 0 bridgehead atoms. The second kappa shape index (κ2) is 10.2. The monoisotopic (exact) mass is 490 g/mol. The SMILES string of the molecule is CCOC(=O)c1ccccc1N1C(=O)C(Cl)=C(Nc2ccc(C(=O)Oc3ccccc3)cc2)C1=O. The van der Waals surface area contributed by atoms with Crippen LogP contribution >= 0.6 is 11.6 Å². The highest BCUT2D eigenvalue weighted by Crippen LogP contribution is 2.32. The van der Waals surface area contributed by atoms with Gasteiger partial charge in [0, 0.05) is 5.69 Å². The van der Waals surface area contributed by atoms with Crippen LogP contribution in [-0.2, 0) is 14.3 Å². The van der Waals surface area contributed by atoms with Crippen LogP contribution in [-0.4, -0.2) is 30.4 Å². The number of carbonyl (C=O) groups is 4. The van der Waals surface area contributed by atoms with Crippen LogP contribution in [0.1, 0.15) is 27.6 Å². The molecular weight excluding hydrogens is 472 g/mol. The number of benzene rings is 3. The molecule has 1 heterocycles. The van der Waals surface area contributed by atoms with Crippen molar-refractivity contribution < 1.29 is 28.7 Å². The first-order valence-electron chi connectivity index (χ1n) is 10.6. The van der Waals surface area contributed by atoms with E-state index in [0.717, 1.165) is 4.90 Å². The molecule has 0 atom stereocenters. The minimum Gasteiger partial charge on any atom is -0.462 e. The first-order valence-corrected chi connectivity index (χ1v) is 11.0. The molecular formula is C26H19ClN2O6. The maximum atomic E-state index is 13.1. The zero-order chi connectivity index (χ0) is 24.9. The fourth-order valence-corrected chi connectivity index (χ4v) is 3.58. The molecule has 0 saturated carbocycles. The number of imide groups is 1. The lowest BCUT2D eigenvalue weighted by atomic mass is 10.1. The van der Waals surface area contributed by atoms with E-state index < -0.39 is 23.8 Å². The molecule has 3 aromatic rings. The number of para-hydroxylation sites is 2. The molecule has 0 aliphatic carbocycles. The van der Waals surface area contributed by atoms with E-state index in [-0.39, 0.29) is 28.6 Å². The lowest BCUT2D eigenvalue weighted by Gasteiger charge is -2.18. The van der Waals surface area contributed by atoms with E-state index in [1.807, 2.05) is 6.07 Å². The van der Waals surface area contributed by atoms with Gasteiger partial charge in [-0.1, -0.05) is 41.9 Å². The highest BCUT2D eigenvalue weighted by Gasteiger charge is 2.40. The molecule has 0 saturated heterocycles. The third kappa shape index (κ3) is 4.92. The zero-order valence-electron chi connectivity index (χ0n) is 18.5. The summed E-state index contributed by atoms with van der Waals surface area (Å²) >= 11 is 6.20. The van der Waals surface area contributed by atoms with Crippen molar-refractivity contribution >= 4 is 46.7 Å². The Labute approximate surface area is 205 Å². The smallest absolute Gasteiger partial charge is 0.343 e. The van der Waals surface area contributed by atoms with Gasteiger partial charge in [0.25, 0.3) is 11.8 Å². The van der Waals surface area contributed by atoms with Crippen LogP contribution in [0, 0.1) is 0 Å². The fourth-order valence-electron chi connectivity index (χ4n) is 3.37. The lowest BCUT2D eigenvalue weighted by Crippen LogP contribution is -2.33. The van der Waals surface area contributed by atoms with Crippen molar-refractivity contribution in [2.24, 2.45) is 0 Å². The van der Waals surface area contributed by atoms with Crippen molar-refractivity contribution in [2.75, 3.05) is 16.8 Å². The van der Waals surface area contributed by atoms with Gasteiger partial charge in [-0.15, -0.1) is 0 Å². The van der Waals surface area contributed by atoms with E-state index in [1.54, 1.807) is 55.5 Å². The fraction of sp³-hybridized carbons (Fsp3) is 0.0769. The minimum atomic E-state index is -0.779. The number of ether oxygens (including phenoxy) is 2. The van der Waals surface area contributed by atoms with Gasteiger partial charge in [0.15, 0.2) is 0 Å². The van der Waals surface area contributed by atoms with Crippen LogP contribution < -0.4 is 15.0 Å². The van der Waals surface area contributed by atoms with Gasteiger partial charge in [0.05, 0.1) is 23.4 Å². The van der Waals surface area contributed by atoms with Gasteiger partial charge in [-0.25, -0.2) is 14.5 Å². The van der Waals surface area contributed by atoms with Crippen LogP contribution in [0.4, 0.5) is 11.4 Å². The van der Waals surface area contributed by atoms with Crippen molar-refractivity contribution in [3.63, 3.8) is 0 Å². The summed E-state index contributed by atoms with van der Waals surface area (Å²) in [6.45, 7) is 1.79. The van der Waals surface area contributed by atoms with E-state index in [0.29, 0.717) is 17.0 Å². The highest BCUT2D eigenvalue weighted by molar-refractivity contribution is 6.53. The maximum Gasteiger partial charge on any atom is 0.343 e. The topological polar surface area (TPSA) is 102 Å². The van der Waals surface area contributed by atoms with Crippen LogP contribution in [0.5, 0.6) is 5.75 Å². The summed E-state index contributed by atoms with van der Waals surface area (Å²) in [5, 5.41) is 2.50. The van der Waals surface area contributed by atoms with Gasteiger partial charge in [0.1, 0.15) is 16.5 Å². The molecule has 0 aromatic heterocycles. The molecule has 0 unspecified atom stereocenters. The molecule has 1 N–H and O–H groups in total. The highest BCUT2D eigenvalue weighted by atomic mass is 35.5. The summed E-state index contributed by atoms with van der Waals surface area (Å²) in [7, 11) is 0. The Bertz CT molecular complexity index is 1340. The van der Waals surface area contributed by atoms with Crippen molar-refractivity contribution in [1.82, 2.24) is 0 Å². The normalized spacial score (nSPS) is 13.1. The molecule has 0 radical (unpaired) electrons. The Balaban J connectivity index is 1.52. The minimum absolute atomic E-state index is 0.0584. The summed E-state index contributed by atoms with van der Waals surface area (Å²) in [6, 6.07) is 20.9. The lowest BCUT2D eigenvalue weighted by molar-refractivity contribution is -0.120. The van der Waals surface area contributed by atoms with Crippen molar-refractivity contribution in [2.45, 2.75) is 6.92 Å². The standard InChI is InChI=1S/C26H19ClN2O6/c1-2-34-26(33)19-10-6-7-11-20(19)29-23(30)21(27)22(24(29)31)28-17-14-12-16(13-15-17)25(32)35-18-8-4-3-5-9-18/h3-15,28H,2H2,1H3. The number of nitrogens with zero attached hydrogens (tertiary/aromatic N) is 1. The summed E-state index contributed by atoms with van der Waals surface area (Å²) < 4.78 is 10.3. The molecule has 176 valence electrons. The quantitative estimate of drug-likeness (QED) is 0.295. The van der Waals surface area contributed by atoms with E-state index >= 15 is 0 Å². The van der Waals surface area contributed by atoms with Crippen molar-refractivity contribution in [1.29, 1.82) is 0 Å². The Morgan fingerprint density at radius 1 is 0.857 bits per heavy atom. The number of nitrogens with one attached hydrogen (secondary N) is 1. The molecule has 0 fully saturated rings. The third-order valence-corrected chi connectivity index (χ3v) is 5.36. The Hall–Kier alpha value is -4.43. The first kappa shape index (κ1) is 23.7. The van der Waals surface area contributed by atoms with Gasteiger partial charge in [-0.05, 0) is 55.5 Å². The molecule has 4 rings (SSSR count). The van der Waals surface area contributed by atoms with Crippen LogP contribution in [0.2, 0.25) is 0 Å². The number of carbonyl (C=O) groups excluding carboxylic acids is 4. The number of anilines is 2. The van der Waals surface area contributed by atoms with E-state index in [9.17, 15) is 19.2 Å². The number of hydrogen-bond donors (Lipinski definition) is 1. The first-order chi connectivity index (χ1) is 16.9. The number of hydrogen-bond acceptors (Lipinski definition) is 7. The average Bonchev–Trinajstić information content (AvgIpc) is 3.08. The van der Waals surface area contributed by atoms with E-state index in [1.165, 1.54) is 24.3 Å². The van der Waals surface area contributed by atoms with Crippen LogP contribution in [0.25, 0.3) is 0 Å². The molecule has 0 spiro atoms. The van der Waals surface area contributed by atoms with Crippen LogP contribution in [0.15, 0.2) is 89.6 Å². The number of amides is 2. The molecule has 2 amide bonds. The molecule has 1 aliphatic heterocycles. The molecule has 9 heteroatoms. The van der Waals surface area contributed by atoms with Gasteiger partial charge in [0.2, 0.25) is 0 Å². The predicted octanol–water partition coefficient (Wildman–Crippen LogP) is 4.52. The zero-order valence-corrected chi connectivity index (χ0v) is 19.2. The summed E-state index contributed by atoms with van der Waals surface area (Å²) in [6.07, 6.45) is 0. The molecule has 8 nitrogen and oxygen atoms in total. The molecule has 1 aliphatic rings. The van der Waals surface area contributed by atoms with Crippen molar-refractivity contribution in [3.8, 4) is 5.75 Å². The number of rotatable bonds is 7. The Morgan fingerprint density at radius 3 is 2.20 bits per heavy atom.